The van der Waals surface area contributed by atoms with Crippen molar-refractivity contribution >= 4 is 39.3 Å². The van der Waals surface area contributed by atoms with Gasteiger partial charge in [0.15, 0.2) is 11.0 Å². The van der Waals surface area contributed by atoms with Gasteiger partial charge in [-0.05, 0) is 74.9 Å². The predicted molar refractivity (Wildman–Crippen MR) is 155 cm³/mol. The summed E-state index contributed by atoms with van der Waals surface area (Å²) in [5, 5.41) is 9.98. The zero-order chi connectivity index (χ0) is 28.2. The molecule has 0 spiro atoms. The summed E-state index contributed by atoms with van der Waals surface area (Å²) in [5.41, 5.74) is 2.00. The number of esters is 1. The normalized spacial score (nSPS) is 11.1. The van der Waals surface area contributed by atoms with E-state index in [2.05, 4.69) is 20.2 Å². The molecule has 5 aromatic rings. The van der Waals surface area contributed by atoms with Crippen LogP contribution < -0.4 is 15.0 Å². The Morgan fingerprint density at radius 2 is 1.75 bits per heavy atom. The van der Waals surface area contributed by atoms with Crippen LogP contribution >= 0.6 is 23.1 Å². The number of aromatic amines is 1. The van der Waals surface area contributed by atoms with Crippen molar-refractivity contribution in [3.05, 3.63) is 75.1 Å². The summed E-state index contributed by atoms with van der Waals surface area (Å²) in [4.78, 5) is 33.7. The van der Waals surface area contributed by atoms with Gasteiger partial charge < -0.3 is 19.2 Å². The van der Waals surface area contributed by atoms with Crippen LogP contribution in [0.25, 0.3) is 27.3 Å². The number of methoxy groups -OCH3 is 1. The summed E-state index contributed by atoms with van der Waals surface area (Å²) in [6.07, 6.45) is 0. The van der Waals surface area contributed by atoms with Gasteiger partial charge >= 0.3 is 5.97 Å². The number of thiophene rings is 1. The third-order valence-corrected chi connectivity index (χ3v) is 8.14. The maximum atomic E-state index is 12.9. The molecule has 0 saturated heterocycles. The third-order valence-electron chi connectivity index (χ3n) is 6.04. The summed E-state index contributed by atoms with van der Waals surface area (Å²) in [6.45, 7) is 6.25. The number of ether oxygens (including phenoxy) is 3. The van der Waals surface area contributed by atoms with E-state index in [1.165, 1.54) is 11.8 Å². The second-order valence-corrected chi connectivity index (χ2v) is 10.5. The molecular weight excluding hydrogens is 550 g/mol. The predicted octanol–water partition coefficient (Wildman–Crippen LogP) is 5.42. The zero-order valence-electron chi connectivity index (χ0n) is 22.4. The van der Waals surface area contributed by atoms with Crippen LogP contribution in [-0.4, -0.2) is 51.0 Å². The molecule has 0 aliphatic heterocycles. The second kappa shape index (κ2) is 11.9. The van der Waals surface area contributed by atoms with Crippen molar-refractivity contribution in [3.63, 3.8) is 0 Å². The lowest BCUT2D eigenvalue weighted by molar-refractivity contribution is 0.0531. The lowest BCUT2D eigenvalue weighted by Crippen LogP contribution is -2.11. The fraction of sp³-hybridized carbons (Fsp3) is 0.250. The lowest BCUT2D eigenvalue weighted by atomic mass is 10.2. The van der Waals surface area contributed by atoms with Gasteiger partial charge in [0, 0.05) is 11.3 Å². The number of carbonyl (C=O) groups excluding carboxylic acids is 1. The first-order chi connectivity index (χ1) is 19.4. The van der Waals surface area contributed by atoms with Gasteiger partial charge in [-0.2, -0.15) is 0 Å². The van der Waals surface area contributed by atoms with Crippen LogP contribution in [-0.2, 0) is 10.5 Å². The Bertz CT molecular complexity index is 1710. The third kappa shape index (κ3) is 5.45. The lowest BCUT2D eigenvalue weighted by Gasteiger charge is -2.12. The molecule has 206 valence electrons. The van der Waals surface area contributed by atoms with Crippen molar-refractivity contribution in [2.45, 2.75) is 31.7 Å². The summed E-state index contributed by atoms with van der Waals surface area (Å²) >= 11 is 2.55. The van der Waals surface area contributed by atoms with Gasteiger partial charge in [-0.1, -0.05) is 11.8 Å². The number of aryl methyl sites for hydroxylation is 1. The van der Waals surface area contributed by atoms with Crippen molar-refractivity contribution < 1.29 is 19.0 Å². The van der Waals surface area contributed by atoms with E-state index >= 15 is 0 Å². The van der Waals surface area contributed by atoms with Crippen LogP contribution in [0.3, 0.4) is 0 Å². The van der Waals surface area contributed by atoms with E-state index in [1.807, 2.05) is 60.0 Å². The van der Waals surface area contributed by atoms with E-state index in [1.54, 1.807) is 21.0 Å². The zero-order valence-corrected chi connectivity index (χ0v) is 24.0. The first-order valence-corrected chi connectivity index (χ1v) is 14.4. The van der Waals surface area contributed by atoms with E-state index in [0.717, 1.165) is 34.1 Å². The smallest absolute Gasteiger partial charge is 0.348 e. The fourth-order valence-electron chi connectivity index (χ4n) is 4.16. The van der Waals surface area contributed by atoms with Crippen molar-refractivity contribution in [2.24, 2.45) is 0 Å². The Morgan fingerprint density at radius 1 is 1.02 bits per heavy atom. The Labute approximate surface area is 238 Å². The molecule has 0 fully saturated rings. The van der Waals surface area contributed by atoms with Gasteiger partial charge in [0.25, 0.3) is 5.56 Å². The monoisotopic (exact) mass is 577 g/mol. The van der Waals surface area contributed by atoms with Crippen molar-refractivity contribution in [3.8, 4) is 28.6 Å². The minimum Gasteiger partial charge on any atom is -0.497 e. The van der Waals surface area contributed by atoms with Gasteiger partial charge in [-0.25, -0.2) is 9.78 Å². The quantitative estimate of drug-likeness (QED) is 0.171. The number of H-pyrrole nitrogens is 1. The van der Waals surface area contributed by atoms with Crippen LogP contribution in [0, 0.1) is 6.92 Å². The molecule has 5 rings (SSSR count). The number of benzene rings is 2. The van der Waals surface area contributed by atoms with Crippen molar-refractivity contribution in [1.82, 2.24) is 24.7 Å². The molecule has 0 saturated carbocycles. The number of nitrogens with one attached hydrogen (secondary N) is 1. The number of rotatable bonds is 10. The highest BCUT2D eigenvalue weighted by Gasteiger charge is 2.21. The molecule has 0 atom stereocenters. The van der Waals surface area contributed by atoms with Crippen molar-refractivity contribution in [2.75, 3.05) is 20.3 Å². The number of hydrogen-bond donors (Lipinski definition) is 1. The molecule has 2 aromatic carbocycles. The van der Waals surface area contributed by atoms with E-state index in [-0.39, 0.29) is 12.2 Å². The Kier molecular flexibility index (Phi) is 8.17. The van der Waals surface area contributed by atoms with Gasteiger partial charge in [-0.15, -0.1) is 21.5 Å². The highest BCUT2D eigenvalue weighted by atomic mass is 32.2. The molecule has 0 aliphatic rings. The molecule has 0 radical (unpaired) electrons. The van der Waals surface area contributed by atoms with E-state index < -0.39 is 5.97 Å². The molecule has 3 aromatic heterocycles. The van der Waals surface area contributed by atoms with E-state index in [0.29, 0.717) is 49.8 Å². The number of fused-ring (bicyclic) bond motifs is 1. The first kappa shape index (κ1) is 27.4. The summed E-state index contributed by atoms with van der Waals surface area (Å²) in [7, 11) is 1.62. The fourth-order valence-corrected chi connectivity index (χ4v) is 6.08. The maximum absolute atomic E-state index is 12.9. The van der Waals surface area contributed by atoms with Gasteiger partial charge in [0.05, 0.1) is 31.5 Å². The van der Waals surface area contributed by atoms with Crippen LogP contribution in [0.2, 0.25) is 0 Å². The molecule has 40 heavy (non-hydrogen) atoms. The Balaban J connectivity index is 1.49. The average Bonchev–Trinajstić information content (AvgIpc) is 3.54. The Hall–Kier alpha value is -4.16. The topological polar surface area (TPSA) is 121 Å². The van der Waals surface area contributed by atoms with Gasteiger partial charge in [0.1, 0.15) is 27.0 Å². The average molecular weight is 578 g/mol. The van der Waals surface area contributed by atoms with Gasteiger partial charge in [-0.3, -0.25) is 9.36 Å². The molecular formula is C28H27N5O5S2. The maximum Gasteiger partial charge on any atom is 0.348 e. The SMILES string of the molecule is CCOC(=O)c1sc2nc(CSc3nnc(-c4ccc(OC)cc4)n3-c3ccc(OCC)cc3)[nH]c(=O)c2c1C. The largest absolute Gasteiger partial charge is 0.497 e. The molecule has 12 heteroatoms. The second-order valence-electron chi connectivity index (χ2n) is 8.56. The van der Waals surface area contributed by atoms with Gasteiger partial charge in [0.2, 0.25) is 0 Å². The highest BCUT2D eigenvalue weighted by molar-refractivity contribution is 7.98. The molecule has 0 amide bonds. The number of hydrogen-bond acceptors (Lipinski definition) is 10. The first-order valence-electron chi connectivity index (χ1n) is 12.6. The summed E-state index contributed by atoms with van der Waals surface area (Å²) < 4.78 is 18.0. The molecule has 0 bridgehead atoms. The van der Waals surface area contributed by atoms with Crippen molar-refractivity contribution in [1.29, 1.82) is 0 Å². The number of thioether (sulfide) groups is 1. The summed E-state index contributed by atoms with van der Waals surface area (Å²) in [5.74, 6) is 2.50. The molecule has 0 unspecified atom stereocenters. The molecule has 0 aliphatic carbocycles. The van der Waals surface area contributed by atoms with Crippen LogP contribution in [0.5, 0.6) is 11.5 Å². The molecule has 3 heterocycles. The number of carbonyl (C=O) groups is 1. The summed E-state index contributed by atoms with van der Waals surface area (Å²) in [6, 6.07) is 15.3. The van der Waals surface area contributed by atoms with E-state index in [4.69, 9.17) is 14.2 Å². The minimum absolute atomic E-state index is 0.256. The number of aromatic nitrogens is 5. The minimum atomic E-state index is -0.451. The highest BCUT2D eigenvalue weighted by Crippen LogP contribution is 2.32. The van der Waals surface area contributed by atoms with E-state index in [9.17, 15) is 9.59 Å². The van der Waals surface area contributed by atoms with Crippen LogP contribution in [0.15, 0.2) is 58.5 Å². The standard InChI is InChI=1S/C28H27N5O5S2/c1-5-37-20-13-9-18(10-14-20)33-24(17-7-11-19(36-4)12-8-17)31-32-28(33)39-15-21-29-25(34)22-16(3)23(27(35)38-6-2)40-26(22)30-21/h7-14H,5-6,15H2,1-4H3,(H,29,30,34). The van der Waals surface area contributed by atoms with Crippen LogP contribution in [0.4, 0.5) is 0 Å². The molecule has 1 N–H and O–H groups in total. The number of nitrogens with zero attached hydrogens (tertiary/aromatic N) is 4. The van der Waals surface area contributed by atoms with Crippen LogP contribution in [0.1, 0.15) is 34.9 Å². The Morgan fingerprint density at radius 3 is 2.42 bits per heavy atom. The molecule has 10 nitrogen and oxygen atoms in total.